The first-order chi connectivity index (χ1) is 10.6. The van der Waals surface area contributed by atoms with Crippen LogP contribution in [0.5, 0.6) is 0 Å². The van der Waals surface area contributed by atoms with Crippen molar-refractivity contribution in [2.75, 3.05) is 25.0 Å². The van der Waals surface area contributed by atoms with Gasteiger partial charge in [0.15, 0.2) is 5.13 Å². The summed E-state index contributed by atoms with van der Waals surface area (Å²) in [5.74, 6) is -0.0912. The summed E-state index contributed by atoms with van der Waals surface area (Å²) in [4.78, 5) is 22.3. The van der Waals surface area contributed by atoms with E-state index in [2.05, 4.69) is 25.6 Å². The summed E-state index contributed by atoms with van der Waals surface area (Å²) in [7, 11) is 0. The van der Waals surface area contributed by atoms with E-state index in [-0.39, 0.29) is 12.0 Å². The molecule has 8 heteroatoms. The fraction of sp³-hybridized carbons (Fsp3) is 0.500. The minimum atomic E-state index is -0.0912. The second-order valence-corrected chi connectivity index (χ2v) is 6.99. The summed E-state index contributed by atoms with van der Waals surface area (Å²) in [6.07, 6.45) is 0.0425. The van der Waals surface area contributed by atoms with Crippen molar-refractivity contribution in [2.45, 2.75) is 26.5 Å². The molecule has 118 valence electrons. The van der Waals surface area contributed by atoms with Gasteiger partial charge in [-0.1, -0.05) is 0 Å². The second-order valence-electron chi connectivity index (χ2n) is 5.25. The van der Waals surface area contributed by atoms with Crippen LogP contribution >= 0.6 is 22.7 Å². The van der Waals surface area contributed by atoms with E-state index in [0.717, 1.165) is 36.0 Å². The van der Waals surface area contributed by atoms with Gasteiger partial charge in [0.1, 0.15) is 11.1 Å². The molecule has 6 nitrogen and oxygen atoms in total. The van der Waals surface area contributed by atoms with Crippen molar-refractivity contribution in [3.8, 4) is 0 Å². The number of nitrogens with zero attached hydrogens (tertiary/aromatic N) is 3. The molecular formula is C14H18N4O2S2. The minimum Gasteiger partial charge on any atom is -0.368 e. The normalized spacial score (nSPS) is 19.3. The maximum absolute atomic E-state index is 11.0. The summed E-state index contributed by atoms with van der Waals surface area (Å²) in [6.45, 7) is 6.66. The fourth-order valence-electron chi connectivity index (χ4n) is 2.33. The number of amides is 1. The Morgan fingerprint density at radius 2 is 2.32 bits per heavy atom. The fourth-order valence-corrected chi connectivity index (χ4v) is 3.91. The molecule has 0 radical (unpaired) electrons. The summed E-state index contributed by atoms with van der Waals surface area (Å²) >= 11 is 3.11. The molecule has 1 aliphatic rings. The van der Waals surface area contributed by atoms with Crippen LogP contribution in [0, 0.1) is 6.92 Å². The number of rotatable bonds is 4. The molecule has 1 fully saturated rings. The van der Waals surface area contributed by atoms with Crippen molar-refractivity contribution in [3.05, 3.63) is 27.2 Å². The van der Waals surface area contributed by atoms with Crippen molar-refractivity contribution < 1.29 is 9.53 Å². The van der Waals surface area contributed by atoms with E-state index in [0.29, 0.717) is 11.7 Å². The highest BCUT2D eigenvalue weighted by molar-refractivity contribution is 7.13. The molecule has 0 saturated carbocycles. The second kappa shape index (κ2) is 6.82. The van der Waals surface area contributed by atoms with Crippen LogP contribution in [-0.2, 0) is 16.1 Å². The molecular weight excluding hydrogens is 320 g/mol. The van der Waals surface area contributed by atoms with Crippen molar-refractivity contribution >= 4 is 33.7 Å². The Morgan fingerprint density at radius 1 is 1.45 bits per heavy atom. The zero-order chi connectivity index (χ0) is 15.5. The third kappa shape index (κ3) is 3.89. The van der Waals surface area contributed by atoms with Crippen LogP contribution in [0.25, 0.3) is 0 Å². The monoisotopic (exact) mass is 338 g/mol. The van der Waals surface area contributed by atoms with Crippen molar-refractivity contribution in [1.29, 1.82) is 0 Å². The molecule has 0 bridgehead atoms. The predicted molar refractivity (Wildman–Crippen MR) is 87.2 cm³/mol. The number of carbonyl (C=O) groups is 1. The van der Waals surface area contributed by atoms with Crippen LogP contribution in [0.3, 0.4) is 0 Å². The number of carbonyl (C=O) groups excluding carboxylic acids is 1. The quantitative estimate of drug-likeness (QED) is 0.927. The van der Waals surface area contributed by atoms with Crippen LogP contribution in [0.4, 0.5) is 5.13 Å². The number of aryl methyl sites for hydroxylation is 1. The Bertz CT molecular complexity index is 655. The first-order valence-corrected chi connectivity index (χ1v) is 8.84. The molecule has 2 aromatic rings. The van der Waals surface area contributed by atoms with Crippen molar-refractivity contribution in [3.63, 3.8) is 0 Å². The number of thiazole rings is 2. The lowest BCUT2D eigenvalue weighted by Gasteiger charge is -2.31. The lowest BCUT2D eigenvalue weighted by molar-refractivity contribution is -0.114. The largest absolute Gasteiger partial charge is 0.368 e. The smallest absolute Gasteiger partial charge is 0.223 e. The number of nitrogens with one attached hydrogen (secondary N) is 1. The molecule has 3 heterocycles. The van der Waals surface area contributed by atoms with Gasteiger partial charge >= 0.3 is 0 Å². The molecule has 0 aromatic carbocycles. The number of morpholine rings is 1. The molecule has 1 saturated heterocycles. The predicted octanol–water partition coefficient (Wildman–Crippen LogP) is 2.44. The molecule has 2 aromatic heterocycles. The zero-order valence-electron chi connectivity index (χ0n) is 12.5. The molecule has 1 aliphatic heterocycles. The van der Waals surface area contributed by atoms with Crippen molar-refractivity contribution in [2.24, 2.45) is 0 Å². The summed E-state index contributed by atoms with van der Waals surface area (Å²) in [5.41, 5.74) is 2.02. The third-order valence-electron chi connectivity index (χ3n) is 3.28. The molecule has 22 heavy (non-hydrogen) atoms. The van der Waals surface area contributed by atoms with E-state index in [1.165, 1.54) is 18.3 Å². The highest BCUT2D eigenvalue weighted by Crippen LogP contribution is 2.26. The maximum atomic E-state index is 11.0. The molecule has 1 N–H and O–H groups in total. The van der Waals surface area contributed by atoms with Crippen LogP contribution in [-0.4, -0.2) is 40.5 Å². The number of hydrogen-bond acceptors (Lipinski definition) is 7. The van der Waals surface area contributed by atoms with Crippen LogP contribution in [0.15, 0.2) is 10.8 Å². The van der Waals surface area contributed by atoms with Gasteiger partial charge in [-0.3, -0.25) is 9.69 Å². The Labute approximate surface area is 137 Å². The molecule has 0 unspecified atom stereocenters. The van der Waals surface area contributed by atoms with E-state index in [9.17, 15) is 4.79 Å². The highest BCUT2D eigenvalue weighted by Gasteiger charge is 2.24. The van der Waals surface area contributed by atoms with Gasteiger partial charge < -0.3 is 10.1 Å². The van der Waals surface area contributed by atoms with Gasteiger partial charge in [-0.25, -0.2) is 9.97 Å². The Kier molecular flexibility index (Phi) is 4.82. The topological polar surface area (TPSA) is 67.4 Å². The van der Waals surface area contributed by atoms with E-state index < -0.39 is 0 Å². The van der Waals surface area contributed by atoms with Crippen LogP contribution in [0.1, 0.15) is 29.4 Å². The summed E-state index contributed by atoms with van der Waals surface area (Å²) < 4.78 is 5.83. The minimum absolute atomic E-state index is 0.0425. The number of ether oxygens (including phenoxy) is 1. The van der Waals surface area contributed by atoms with Gasteiger partial charge in [0.25, 0.3) is 0 Å². The first kappa shape index (κ1) is 15.5. The molecule has 0 spiro atoms. The van der Waals surface area contributed by atoms with Gasteiger partial charge in [0.2, 0.25) is 5.91 Å². The van der Waals surface area contributed by atoms with Crippen molar-refractivity contribution in [1.82, 2.24) is 14.9 Å². The SMILES string of the molecule is CC(=O)Nc1nc(CN2CCO[C@H](c3nc(C)cs3)C2)cs1. The van der Waals surface area contributed by atoms with Gasteiger partial charge in [-0.2, -0.15) is 0 Å². The zero-order valence-corrected chi connectivity index (χ0v) is 14.2. The van der Waals surface area contributed by atoms with Gasteiger partial charge in [0, 0.05) is 43.0 Å². The lowest BCUT2D eigenvalue weighted by Crippen LogP contribution is -2.37. The number of hydrogen-bond donors (Lipinski definition) is 1. The Balaban J connectivity index is 1.60. The van der Waals surface area contributed by atoms with E-state index >= 15 is 0 Å². The molecule has 1 atom stereocenters. The first-order valence-electron chi connectivity index (χ1n) is 7.08. The van der Waals surface area contributed by atoms with Gasteiger partial charge in [-0.15, -0.1) is 22.7 Å². The lowest BCUT2D eigenvalue weighted by atomic mass is 10.2. The Hall–Kier alpha value is -1.35. The van der Waals surface area contributed by atoms with E-state index in [1.807, 2.05) is 12.3 Å². The standard InChI is InChI=1S/C14H18N4O2S2/c1-9-7-21-13(15-9)12-6-18(3-4-20-12)5-11-8-22-14(17-11)16-10(2)19/h7-8,12H,3-6H2,1-2H3,(H,16,17,19)/t12-/m0/s1. The Morgan fingerprint density at radius 3 is 3.05 bits per heavy atom. The molecule has 3 rings (SSSR count). The van der Waals surface area contributed by atoms with Gasteiger partial charge in [-0.05, 0) is 6.92 Å². The summed E-state index contributed by atoms with van der Waals surface area (Å²) in [6, 6.07) is 0. The average Bonchev–Trinajstić information content (AvgIpc) is 3.08. The van der Waals surface area contributed by atoms with Gasteiger partial charge in [0.05, 0.1) is 12.3 Å². The third-order valence-corrected chi connectivity index (χ3v) is 5.14. The molecule has 0 aliphatic carbocycles. The number of anilines is 1. The van der Waals surface area contributed by atoms with Crippen LogP contribution in [0.2, 0.25) is 0 Å². The maximum Gasteiger partial charge on any atom is 0.223 e. The van der Waals surface area contributed by atoms with E-state index in [1.54, 1.807) is 11.3 Å². The highest BCUT2D eigenvalue weighted by atomic mass is 32.1. The average molecular weight is 338 g/mol. The van der Waals surface area contributed by atoms with Crippen LogP contribution < -0.4 is 5.32 Å². The molecule has 1 amide bonds. The summed E-state index contributed by atoms with van der Waals surface area (Å²) in [5, 5.41) is 8.46. The van der Waals surface area contributed by atoms with E-state index in [4.69, 9.17) is 4.74 Å². The number of aromatic nitrogens is 2.